The average Bonchev–Trinajstić information content (AvgIpc) is 2.06. The minimum absolute atomic E-state index is 0.458. The second-order valence-electron chi connectivity index (χ2n) is 3.52. The van der Waals surface area contributed by atoms with Crippen LogP contribution in [0.1, 0.15) is 26.2 Å². The molecule has 0 bridgehead atoms. The van der Waals surface area contributed by atoms with Gasteiger partial charge < -0.3 is 5.32 Å². The largest absolute Gasteiger partial charge is 0.316 e. The Kier molecular flexibility index (Phi) is 3.45. The van der Waals surface area contributed by atoms with Crippen LogP contribution in [0.4, 0.5) is 0 Å². The molecule has 1 nitrogen and oxygen atoms in total. The van der Waals surface area contributed by atoms with Crippen LogP contribution in [0.25, 0.3) is 0 Å². The summed E-state index contributed by atoms with van der Waals surface area (Å²) in [6, 6.07) is 0. The summed E-state index contributed by atoms with van der Waals surface area (Å²) in [6.45, 7) is 4.50. The fraction of sp³-hybridized carbons (Fsp3) is 0.800. The van der Waals surface area contributed by atoms with Gasteiger partial charge in [0.25, 0.3) is 0 Å². The van der Waals surface area contributed by atoms with Crippen LogP contribution >= 0.6 is 0 Å². The highest BCUT2D eigenvalue weighted by Crippen LogP contribution is 2.18. The van der Waals surface area contributed by atoms with Gasteiger partial charge in [-0.3, -0.25) is 0 Å². The van der Waals surface area contributed by atoms with Crippen molar-refractivity contribution in [1.29, 1.82) is 0 Å². The molecule has 0 amide bonds. The highest BCUT2D eigenvalue weighted by atomic mass is 14.9. The van der Waals surface area contributed by atoms with E-state index in [-0.39, 0.29) is 0 Å². The number of terminal acetylenes is 1. The van der Waals surface area contributed by atoms with E-state index in [0.29, 0.717) is 5.92 Å². The molecule has 1 aliphatic heterocycles. The Morgan fingerprint density at radius 3 is 3.09 bits per heavy atom. The molecule has 0 aliphatic carbocycles. The molecule has 62 valence electrons. The van der Waals surface area contributed by atoms with Gasteiger partial charge in [0.2, 0.25) is 0 Å². The molecule has 0 spiro atoms. The normalized spacial score (nSPS) is 27.5. The van der Waals surface area contributed by atoms with E-state index in [1.807, 2.05) is 0 Å². The Morgan fingerprint density at radius 1 is 1.73 bits per heavy atom. The van der Waals surface area contributed by atoms with Gasteiger partial charge in [0, 0.05) is 5.92 Å². The van der Waals surface area contributed by atoms with E-state index in [1.165, 1.54) is 32.4 Å². The molecule has 0 aromatic rings. The standard InChI is InChI=1S/C10H17N/c1-3-9(2)7-10-5-4-6-11-8-10/h1,9-11H,4-8H2,2H3. The maximum absolute atomic E-state index is 5.32. The molecular weight excluding hydrogens is 134 g/mol. The molecule has 0 radical (unpaired) electrons. The molecule has 1 N–H and O–H groups in total. The van der Waals surface area contributed by atoms with Crippen LogP contribution in [0.15, 0.2) is 0 Å². The molecule has 11 heavy (non-hydrogen) atoms. The number of rotatable bonds is 2. The van der Waals surface area contributed by atoms with Crippen molar-refractivity contribution >= 4 is 0 Å². The lowest BCUT2D eigenvalue weighted by atomic mass is 9.90. The summed E-state index contributed by atoms with van der Waals surface area (Å²) in [5.41, 5.74) is 0. The molecule has 1 heteroatoms. The summed E-state index contributed by atoms with van der Waals surface area (Å²) >= 11 is 0. The molecule has 2 atom stereocenters. The van der Waals surface area contributed by atoms with Gasteiger partial charge in [-0.25, -0.2) is 0 Å². The summed E-state index contributed by atoms with van der Waals surface area (Å²) in [4.78, 5) is 0. The van der Waals surface area contributed by atoms with Gasteiger partial charge in [-0.15, -0.1) is 12.3 Å². The van der Waals surface area contributed by atoms with Crippen molar-refractivity contribution in [3.8, 4) is 12.3 Å². The van der Waals surface area contributed by atoms with Crippen LogP contribution < -0.4 is 5.32 Å². The van der Waals surface area contributed by atoms with Gasteiger partial charge in [0.1, 0.15) is 0 Å². The van der Waals surface area contributed by atoms with Crippen LogP contribution in [-0.2, 0) is 0 Å². The first kappa shape index (κ1) is 8.62. The van der Waals surface area contributed by atoms with Crippen molar-refractivity contribution < 1.29 is 0 Å². The number of nitrogens with one attached hydrogen (secondary N) is 1. The maximum Gasteiger partial charge on any atom is 0.0175 e. The monoisotopic (exact) mass is 151 g/mol. The van der Waals surface area contributed by atoms with Crippen molar-refractivity contribution in [2.45, 2.75) is 26.2 Å². The molecule has 1 fully saturated rings. The Balaban J connectivity index is 2.20. The van der Waals surface area contributed by atoms with Gasteiger partial charge in [-0.1, -0.05) is 6.92 Å². The van der Waals surface area contributed by atoms with Crippen LogP contribution in [-0.4, -0.2) is 13.1 Å². The van der Waals surface area contributed by atoms with Crippen LogP contribution in [0.2, 0.25) is 0 Å². The molecule has 1 aliphatic rings. The zero-order valence-corrected chi connectivity index (χ0v) is 7.27. The van der Waals surface area contributed by atoms with Gasteiger partial charge in [0.15, 0.2) is 0 Å². The average molecular weight is 151 g/mol. The van der Waals surface area contributed by atoms with Crippen molar-refractivity contribution in [3.63, 3.8) is 0 Å². The summed E-state index contributed by atoms with van der Waals surface area (Å²) in [5.74, 6) is 4.07. The first-order valence-electron chi connectivity index (χ1n) is 4.49. The third-order valence-corrected chi connectivity index (χ3v) is 2.37. The quantitative estimate of drug-likeness (QED) is 0.592. The van der Waals surface area contributed by atoms with E-state index >= 15 is 0 Å². The molecule has 0 aromatic heterocycles. The lowest BCUT2D eigenvalue weighted by Gasteiger charge is -2.23. The van der Waals surface area contributed by atoms with Gasteiger partial charge >= 0.3 is 0 Å². The first-order chi connectivity index (χ1) is 5.33. The van der Waals surface area contributed by atoms with Crippen molar-refractivity contribution in [2.24, 2.45) is 11.8 Å². The fourth-order valence-electron chi connectivity index (χ4n) is 1.69. The second kappa shape index (κ2) is 4.41. The predicted octanol–water partition coefficient (Wildman–Crippen LogP) is 1.65. The molecular formula is C10H17N. The Hall–Kier alpha value is -0.480. The predicted molar refractivity (Wildman–Crippen MR) is 48.2 cm³/mol. The molecule has 1 saturated heterocycles. The molecule has 2 unspecified atom stereocenters. The summed E-state index contributed by atoms with van der Waals surface area (Å²) < 4.78 is 0. The fourth-order valence-corrected chi connectivity index (χ4v) is 1.69. The summed E-state index contributed by atoms with van der Waals surface area (Å²) in [5, 5.41) is 3.40. The minimum atomic E-state index is 0.458. The number of piperidine rings is 1. The van der Waals surface area contributed by atoms with Crippen molar-refractivity contribution in [2.75, 3.05) is 13.1 Å². The first-order valence-corrected chi connectivity index (χ1v) is 4.49. The lowest BCUT2D eigenvalue weighted by molar-refractivity contribution is 0.336. The summed E-state index contributed by atoms with van der Waals surface area (Å²) in [7, 11) is 0. The zero-order valence-electron chi connectivity index (χ0n) is 7.27. The Bertz CT molecular complexity index is 139. The third-order valence-electron chi connectivity index (χ3n) is 2.37. The maximum atomic E-state index is 5.32. The van der Waals surface area contributed by atoms with E-state index in [0.717, 1.165) is 5.92 Å². The van der Waals surface area contributed by atoms with E-state index in [1.54, 1.807) is 0 Å². The van der Waals surface area contributed by atoms with Crippen LogP contribution in [0.3, 0.4) is 0 Å². The van der Waals surface area contributed by atoms with Gasteiger partial charge in [-0.2, -0.15) is 0 Å². The van der Waals surface area contributed by atoms with E-state index in [2.05, 4.69) is 18.2 Å². The smallest absolute Gasteiger partial charge is 0.0175 e. The Labute approximate surface area is 69.6 Å². The Morgan fingerprint density at radius 2 is 2.55 bits per heavy atom. The van der Waals surface area contributed by atoms with Gasteiger partial charge in [-0.05, 0) is 38.3 Å². The van der Waals surface area contributed by atoms with E-state index in [4.69, 9.17) is 6.42 Å². The van der Waals surface area contributed by atoms with Gasteiger partial charge in [0.05, 0.1) is 0 Å². The third kappa shape index (κ3) is 2.95. The molecule has 0 saturated carbocycles. The molecule has 1 rings (SSSR count). The van der Waals surface area contributed by atoms with E-state index in [9.17, 15) is 0 Å². The number of hydrogen-bond acceptors (Lipinski definition) is 1. The van der Waals surface area contributed by atoms with Crippen LogP contribution in [0.5, 0.6) is 0 Å². The summed E-state index contributed by atoms with van der Waals surface area (Å²) in [6.07, 6.45) is 9.20. The number of hydrogen-bond donors (Lipinski definition) is 1. The van der Waals surface area contributed by atoms with E-state index < -0.39 is 0 Å². The SMILES string of the molecule is C#CC(C)CC1CCCNC1. The van der Waals surface area contributed by atoms with Crippen molar-refractivity contribution in [3.05, 3.63) is 0 Å². The topological polar surface area (TPSA) is 12.0 Å². The zero-order chi connectivity index (χ0) is 8.10. The minimum Gasteiger partial charge on any atom is -0.316 e. The lowest BCUT2D eigenvalue weighted by Crippen LogP contribution is -2.30. The highest BCUT2D eigenvalue weighted by molar-refractivity contribution is 4.91. The molecule has 0 aromatic carbocycles. The highest BCUT2D eigenvalue weighted by Gasteiger charge is 2.14. The molecule has 1 heterocycles. The van der Waals surface area contributed by atoms with Crippen molar-refractivity contribution in [1.82, 2.24) is 5.32 Å². The van der Waals surface area contributed by atoms with Crippen LogP contribution in [0, 0.1) is 24.2 Å². The second-order valence-corrected chi connectivity index (χ2v) is 3.52.